The fourth-order valence-electron chi connectivity index (χ4n) is 3.41. The minimum absolute atomic E-state index is 0.0760. The largest absolute Gasteiger partial charge is 0.478 e. The first kappa shape index (κ1) is 18.6. The van der Waals surface area contributed by atoms with Crippen molar-refractivity contribution in [1.29, 1.82) is 0 Å². The second-order valence-corrected chi connectivity index (χ2v) is 9.17. The van der Waals surface area contributed by atoms with Gasteiger partial charge in [0.25, 0.3) is 0 Å². The lowest BCUT2D eigenvalue weighted by Gasteiger charge is -2.37. The molecule has 1 aromatic carbocycles. The van der Waals surface area contributed by atoms with Crippen LogP contribution in [-0.2, 0) is 10.8 Å². The van der Waals surface area contributed by atoms with E-state index in [-0.39, 0.29) is 16.4 Å². The van der Waals surface area contributed by atoms with Crippen LogP contribution in [0.15, 0.2) is 36.9 Å². The van der Waals surface area contributed by atoms with Gasteiger partial charge in [0.1, 0.15) is 0 Å². The summed E-state index contributed by atoms with van der Waals surface area (Å²) in [5, 5.41) is 10.1. The van der Waals surface area contributed by atoms with Gasteiger partial charge in [-0.3, -0.25) is 0 Å². The van der Waals surface area contributed by atoms with E-state index >= 15 is 0 Å². The third-order valence-electron chi connectivity index (χ3n) is 5.22. The third kappa shape index (κ3) is 3.28. The summed E-state index contributed by atoms with van der Waals surface area (Å²) in [6.07, 6.45) is 4.14. The molecule has 2 aromatic rings. The van der Waals surface area contributed by atoms with Crippen molar-refractivity contribution in [2.75, 3.05) is 11.4 Å². The Hall–Kier alpha value is -2.14. The van der Waals surface area contributed by atoms with E-state index in [2.05, 4.69) is 39.2 Å². The maximum Gasteiger partial charge on any atom is 0.335 e. The van der Waals surface area contributed by atoms with Crippen molar-refractivity contribution in [2.24, 2.45) is 0 Å². The Morgan fingerprint density at radius 3 is 2.38 bits per heavy atom. The highest BCUT2D eigenvalue weighted by Gasteiger charge is 2.41. The Bertz CT molecular complexity index is 801. The first-order chi connectivity index (χ1) is 12.2. The quantitative estimate of drug-likeness (QED) is 0.705. The lowest BCUT2D eigenvalue weighted by molar-refractivity contribution is 0.0697. The molecule has 3 rings (SSSR count). The van der Waals surface area contributed by atoms with Crippen LogP contribution in [0.3, 0.4) is 0 Å². The topological polar surface area (TPSA) is 53.4 Å². The minimum Gasteiger partial charge on any atom is -0.478 e. The Balaban J connectivity index is 2.06. The molecule has 26 heavy (non-hydrogen) atoms. The third-order valence-corrected chi connectivity index (χ3v) is 6.66. The van der Waals surface area contributed by atoms with Gasteiger partial charge < -0.3 is 10.0 Å². The summed E-state index contributed by atoms with van der Waals surface area (Å²) >= 11 is 1.75. The number of carboxylic acid groups (broad SMARTS) is 1. The number of nitrogens with zero attached hydrogens (tertiary/aromatic N) is 2. The lowest BCUT2D eigenvalue weighted by Crippen LogP contribution is -2.32. The number of carbonyl (C=O) groups is 1. The van der Waals surface area contributed by atoms with Crippen LogP contribution < -0.4 is 4.90 Å². The summed E-state index contributed by atoms with van der Waals surface area (Å²) in [4.78, 5) is 19.6. The molecule has 1 aliphatic rings. The molecule has 0 saturated carbocycles. The molecule has 1 heterocycles. The van der Waals surface area contributed by atoms with Crippen LogP contribution in [0.1, 0.15) is 61.5 Å². The summed E-state index contributed by atoms with van der Waals surface area (Å²) in [7, 11) is 0. The van der Waals surface area contributed by atoms with Crippen molar-refractivity contribution in [3.05, 3.63) is 53.1 Å². The maximum absolute atomic E-state index is 11.1. The van der Waals surface area contributed by atoms with Gasteiger partial charge in [0.05, 0.1) is 11.3 Å². The van der Waals surface area contributed by atoms with Crippen LogP contribution in [0.25, 0.3) is 0 Å². The van der Waals surface area contributed by atoms with Gasteiger partial charge in [0.2, 0.25) is 0 Å². The predicted octanol–water partition coefficient (Wildman–Crippen LogP) is 5.51. The molecular formula is C21H26N2O2S. The van der Waals surface area contributed by atoms with Crippen molar-refractivity contribution >= 4 is 28.1 Å². The van der Waals surface area contributed by atoms with E-state index in [1.165, 1.54) is 10.6 Å². The van der Waals surface area contributed by atoms with E-state index in [1.54, 1.807) is 23.5 Å². The number of hydrogen-bond donors (Lipinski definition) is 1. The molecule has 4 nitrogen and oxygen atoms in total. The first-order valence-corrected chi connectivity index (χ1v) is 9.71. The molecule has 1 N–H and O–H groups in total. The van der Waals surface area contributed by atoms with Gasteiger partial charge in [0.15, 0.2) is 5.13 Å². The second-order valence-electron chi connectivity index (χ2n) is 8.19. The van der Waals surface area contributed by atoms with Crippen molar-refractivity contribution < 1.29 is 9.90 Å². The maximum atomic E-state index is 11.1. The molecule has 0 radical (unpaired) electrons. The summed E-state index contributed by atoms with van der Waals surface area (Å²) in [5.74, 6) is -0.917. The first-order valence-electron chi connectivity index (χ1n) is 8.89. The van der Waals surface area contributed by atoms with E-state index in [9.17, 15) is 4.79 Å². The zero-order valence-corrected chi connectivity index (χ0v) is 16.7. The van der Waals surface area contributed by atoms with Crippen LogP contribution in [-0.4, -0.2) is 22.6 Å². The van der Waals surface area contributed by atoms with E-state index in [0.717, 1.165) is 23.7 Å². The molecule has 1 aliphatic carbocycles. The van der Waals surface area contributed by atoms with Gasteiger partial charge in [-0.25, -0.2) is 9.78 Å². The van der Waals surface area contributed by atoms with Gasteiger partial charge >= 0.3 is 5.97 Å². The van der Waals surface area contributed by atoms with Crippen LogP contribution in [0.5, 0.6) is 0 Å². The Morgan fingerprint density at radius 2 is 1.85 bits per heavy atom. The lowest BCUT2D eigenvalue weighted by atomic mass is 9.69. The summed E-state index contributed by atoms with van der Waals surface area (Å²) in [6, 6.07) is 6.94. The fraction of sp³-hybridized carbons (Fsp3) is 0.429. The average molecular weight is 371 g/mol. The highest BCUT2D eigenvalue weighted by molar-refractivity contribution is 7.16. The van der Waals surface area contributed by atoms with Gasteiger partial charge in [-0.15, -0.1) is 17.9 Å². The molecule has 0 amide bonds. The van der Waals surface area contributed by atoms with Crippen LogP contribution in [0.2, 0.25) is 0 Å². The molecule has 0 saturated heterocycles. The molecule has 138 valence electrons. The number of aromatic nitrogens is 1. The molecule has 0 unspecified atom stereocenters. The van der Waals surface area contributed by atoms with Crippen molar-refractivity contribution in [2.45, 2.75) is 51.4 Å². The molecule has 5 heteroatoms. The highest BCUT2D eigenvalue weighted by Crippen LogP contribution is 2.50. The zero-order valence-electron chi connectivity index (χ0n) is 15.9. The number of hydrogen-bond acceptors (Lipinski definition) is 4. The molecule has 0 fully saturated rings. The fourth-order valence-corrected chi connectivity index (χ4v) is 4.81. The van der Waals surface area contributed by atoms with E-state index in [1.807, 2.05) is 18.2 Å². The minimum atomic E-state index is -0.917. The van der Waals surface area contributed by atoms with E-state index in [4.69, 9.17) is 10.1 Å². The number of fused-ring (bicyclic) bond motifs is 1. The molecule has 0 spiro atoms. The van der Waals surface area contributed by atoms with Gasteiger partial charge in [0, 0.05) is 27.9 Å². The summed E-state index contributed by atoms with van der Waals surface area (Å²) < 4.78 is 0. The van der Waals surface area contributed by atoms with Crippen molar-refractivity contribution in [1.82, 2.24) is 4.98 Å². The Morgan fingerprint density at radius 1 is 1.23 bits per heavy atom. The zero-order chi connectivity index (χ0) is 19.1. The van der Waals surface area contributed by atoms with Crippen LogP contribution in [0.4, 0.5) is 10.8 Å². The molecule has 0 bridgehead atoms. The number of anilines is 2. The smallest absolute Gasteiger partial charge is 0.335 e. The number of aromatic carboxylic acids is 1. The highest BCUT2D eigenvalue weighted by atomic mass is 32.1. The SMILES string of the molecule is C=CCN(c1ccc(C(=O)O)cc1)c1nc2c(s1)C(C)(C)CCC2(C)C. The number of benzene rings is 1. The standard InChI is InChI=1S/C21H26N2O2S/c1-6-13-23(15-9-7-14(8-10-15)18(24)25)19-22-16-17(26-19)21(4,5)12-11-20(16,2)3/h6-10H,1,11-13H2,2-5H3,(H,24,25). The molecule has 1 aromatic heterocycles. The molecule has 0 atom stereocenters. The van der Waals surface area contributed by atoms with E-state index in [0.29, 0.717) is 6.54 Å². The number of rotatable bonds is 5. The summed E-state index contributed by atoms with van der Waals surface area (Å²) in [5.41, 5.74) is 2.62. The Labute approximate surface area is 159 Å². The van der Waals surface area contributed by atoms with E-state index < -0.39 is 5.97 Å². The second kappa shape index (κ2) is 6.54. The van der Waals surface area contributed by atoms with Gasteiger partial charge in [-0.05, 0) is 37.1 Å². The number of carboxylic acids is 1. The molecule has 0 aliphatic heterocycles. The number of thiazole rings is 1. The Kier molecular flexibility index (Phi) is 4.69. The average Bonchev–Trinajstić information content (AvgIpc) is 3.05. The van der Waals surface area contributed by atoms with Gasteiger partial charge in [-0.1, -0.05) is 33.8 Å². The van der Waals surface area contributed by atoms with Crippen LogP contribution in [0, 0.1) is 0 Å². The van der Waals surface area contributed by atoms with Crippen LogP contribution >= 0.6 is 11.3 Å². The predicted molar refractivity (Wildman–Crippen MR) is 108 cm³/mol. The normalized spacial score (nSPS) is 17.4. The molecular weight excluding hydrogens is 344 g/mol. The van der Waals surface area contributed by atoms with Gasteiger partial charge in [-0.2, -0.15) is 0 Å². The van der Waals surface area contributed by atoms with Crippen molar-refractivity contribution in [3.8, 4) is 0 Å². The van der Waals surface area contributed by atoms with Crippen molar-refractivity contribution in [3.63, 3.8) is 0 Å². The monoisotopic (exact) mass is 370 g/mol. The summed E-state index contributed by atoms with van der Waals surface area (Å²) in [6.45, 7) is 13.6.